The van der Waals surface area contributed by atoms with Crippen molar-refractivity contribution >= 4 is 11.6 Å². The summed E-state index contributed by atoms with van der Waals surface area (Å²) < 4.78 is 46.4. The van der Waals surface area contributed by atoms with Crippen LogP contribution in [0.3, 0.4) is 0 Å². The third-order valence-electron chi connectivity index (χ3n) is 5.52. The zero-order chi connectivity index (χ0) is 20.1. The molecule has 3 aliphatic rings. The number of likely N-dealkylation sites (tertiary alicyclic amines) is 1. The molecule has 0 aliphatic carbocycles. The second kappa shape index (κ2) is 6.75. The highest BCUT2D eigenvalue weighted by atomic mass is 19.4. The molecule has 4 N–H and O–H groups in total. The minimum Gasteiger partial charge on any atom is -0.378 e. The van der Waals surface area contributed by atoms with Crippen LogP contribution in [-0.2, 0) is 4.74 Å². The molecule has 4 rings (SSSR count). The van der Waals surface area contributed by atoms with E-state index >= 15 is 0 Å². The number of ether oxygens (including phenoxy) is 1. The van der Waals surface area contributed by atoms with Crippen LogP contribution >= 0.6 is 0 Å². The number of alkyl halides is 3. The van der Waals surface area contributed by atoms with E-state index in [-0.39, 0.29) is 12.0 Å². The van der Waals surface area contributed by atoms with E-state index in [1.807, 2.05) is 11.6 Å². The topological polar surface area (TPSA) is 92.7 Å². The Morgan fingerprint density at radius 1 is 1.36 bits per heavy atom. The van der Waals surface area contributed by atoms with Crippen LogP contribution in [0, 0.1) is 6.92 Å². The van der Waals surface area contributed by atoms with Gasteiger partial charge in [-0.05, 0) is 20.3 Å². The number of nitrogens with zero attached hydrogens (tertiary/aromatic N) is 4. The van der Waals surface area contributed by atoms with Crippen LogP contribution in [0.4, 0.5) is 18.9 Å². The van der Waals surface area contributed by atoms with E-state index in [9.17, 15) is 13.2 Å². The summed E-state index contributed by atoms with van der Waals surface area (Å²) in [5, 5.41) is 10.0. The fourth-order valence-corrected chi connectivity index (χ4v) is 3.82. The lowest BCUT2D eigenvalue weighted by atomic mass is 10.0. The van der Waals surface area contributed by atoms with Crippen molar-refractivity contribution in [3.05, 3.63) is 23.7 Å². The van der Waals surface area contributed by atoms with Gasteiger partial charge in [0.15, 0.2) is 0 Å². The predicted molar refractivity (Wildman–Crippen MR) is 97.7 cm³/mol. The Bertz CT molecular complexity index is 810. The van der Waals surface area contributed by atoms with Gasteiger partial charge < -0.3 is 21.1 Å². The SMILES string of the molecule is Cc1c(NC2=NC(C)(N)C(C(F)(F)F)=CN2)cnn1[C@H]1CCN(C2COC2)C1. The quantitative estimate of drug-likeness (QED) is 0.710. The number of nitrogens with one attached hydrogen (secondary N) is 2. The number of hydrogen-bond acceptors (Lipinski definition) is 7. The molecule has 3 aliphatic heterocycles. The maximum absolute atomic E-state index is 13.0. The van der Waals surface area contributed by atoms with Gasteiger partial charge in [0.05, 0.1) is 48.4 Å². The van der Waals surface area contributed by atoms with Gasteiger partial charge in [-0.3, -0.25) is 9.58 Å². The van der Waals surface area contributed by atoms with E-state index in [1.54, 1.807) is 6.20 Å². The zero-order valence-electron chi connectivity index (χ0n) is 15.8. The van der Waals surface area contributed by atoms with Gasteiger partial charge in [0.1, 0.15) is 5.66 Å². The van der Waals surface area contributed by atoms with Gasteiger partial charge in [-0.1, -0.05) is 0 Å². The van der Waals surface area contributed by atoms with Crippen LogP contribution in [0.1, 0.15) is 25.1 Å². The standard InChI is InChI=1S/C17H24F3N7O/c1-10-13(24-15-22-6-14(17(18,19)20)16(2,21)25-15)5-23-27(10)11-3-4-26(7-11)12-8-28-9-12/h5-6,11-12H,3-4,7-9,21H2,1-2H3,(H2,22,24,25)/t11-,16?/m0/s1. The smallest absolute Gasteiger partial charge is 0.378 e. The van der Waals surface area contributed by atoms with Gasteiger partial charge in [0.25, 0.3) is 0 Å². The van der Waals surface area contributed by atoms with E-state index in [2.05, 4.69) is 25.6 Å². The van der Waals surface area contributed by atoms with Crippen LogP contribution in [0.5, 0.6) is 0 Å². The molecule has 0 radical (unpaired) electrons. The van der Waals surface area contributed by atoms with Crippen molar-refractivity contribution in [2.75, 3.05) is 31.6 Å². The van der Waals surface area contributed by atoms with Crippen LogP contribution in [0.2, 0.25) is 0 Å². The number of halogens is 3. The molecule has 1 aromatic rings. The largest absolute Gasteiger partial charge is 0.417 e. The van der Waals surface area contributed by atoms with E-state index < -0.39 is 17.4 Å². The number of guanidine groups is 1. The molecular weight excluding hydrogens is 375 g/mol. The summed E-state index contributed by atoms with van der Waals surface area (Å²) in [5.41, 5.74) is 4.54. The Labute approximate surface area is 160 Å². The Balaban J connectivity index is 1.45. The molecule has 0 aromatic carbocycles. The number of anilines is 1. The molecule has 4 heterocycles. The third kappa shape index (κ3) is 3.49. The number of aliphatic imine (C=N–C) groups is 1. The predicted octanol–water partition coefficient (Wildman–Crippen LogP) is 1.33. The fraction of sp³-hybridized carbons (Fsp3) is 0.647. The molecule has 0 saturated carbocycles. The Morgan fingerprint density at radius 3 is 2.71 bits per heavy atom. The van der Waals surface area contributed by atoms with Crippen molar-refractivity contribution in [2.45, 2.75) is 44.2 Å². The average molecular weight is 399 g/mol. The van der Waals surface area contributed by atoms with E-state index in [1.165, 1.54) is 6.92 Å². The van der Waals surface area contributed by atoms with E-state index in [4.69, 9.17) is 10.5 Å². The van der Waals surface area contributed by atoms with Crippen molar-refractivity contribution < 1.29 is 17.9 Å². The molecule has 154 valence electrons. The maximum Gasteiger partial charge on any atom is 0.417 e. The number of rotatable bonds is 3. The first-order chi connectivity index (χ1) is 13.1. The molecule has 1 aromatic heterocycles. The lowest BCUT2D eigenvalue weighted by molar-refractivity contribution is -0.100. The monoisotopic (exact) mass is 399 g/mol. The molecule has 8 nitrogen and oxygen atoms in total. The molecule has 2 saturated heterocycles. The molecule has 28 heavy (non-hydrogen) atoms. The minimum absolute atomic E-state index is 0.153. The second-order valence-corrected chi connectivity index (χ2v) is 7.65. The second-order valence-electron chi connectivity index (χ2n) is 7.65. The number of nitrogens with two attached hydrogens (primary N) is 1. The van der Waals surface area contributed by atoms with Gasteiger partial charge in [-0.15, -0.1) is 0 Å². The lowest BCUT2D eigenvalue weighted by Crippen LogP contribution is -2.49. The van der Waals surface area contributed by atoms with Gasteiger partial charge in [0.2, 0.25) is 5.96 Å². The van der Waals surface area contributed by atoms with Gasteiger partial charge in [0, 0.05) is 19.3 Å². The molecule has 2 atom stereocenters. The fourth-order valence-electron chi connectivity index (χ4n) is 3.82. The molecule has 1 unspecified atom stereocenters. The first-order valence-electron chi connectivity index (χ1n) is 9.21. The molecule has 0 spiro atoms. The van der Waals surface area contributed by atoms with Crippen LogP contribution in [0.15, 0.2) is 23.0 Å². The highest BCUT2D eigenvalue weighted by Gasteiger charge is 2.45. The van der Waals surface area contributed by atoms with E-state index in [0.717, 1.165) is 44.6 Å². The zero-order valence-corrected chi connectivity index (χ0v) is 15.8. The molecule has 2 fully saturated rings. The summed E-state index contributed by atoms with van der Waals surface area (Å²) in [4.78, 5) is 6.40. The molecular formula is C17H24F3N7O. The van der Waals surface area contributed by atoms with Crippen LogP contribution in [0.25, 0.3) is 0 Å². The first-order valence-corrected chi connectivity index (χ1v) is 9.21. The van der Waals surface area contributed by atoms with Crippen molar-refractivity contribution in [1.82, 2.24) is 20.0 Å². The Morgan fingerprint density at radius 2 is 2.11 bits per heavy atom. The average Bonchev–Trinajstić information content (AvgIpc) is 3.11. The Hall–Kier alpha value is -2.11. The van der Waals surface area contributed by atoms with Gasteiger partial charge in [-0.25, -0.2) is 4.99 Å². The summed E-state index contributed by atoms with van der Waals surface area (Å²) in [6.45, 7) is 6.64. The van der Waals surface area contributed by atoms with Crippen LogP contribution in [-0.4, -0.2) is 64.8 Å². The van der Waals surface area contributed by atoms with E-state index in [0.29, 0.717) is 11.7 Å². The summed E-state index contributed by atoms with van der Waals surface area (Å²) in [7, 11) is 0. The minimum atomic E-state index is -4.55. The van der Waals surface area contributed by atoms with Gasteiger partial charge in [-0.2, -0.15) is 18.3 Å². The lowest BCUT2D eigenvalue weighted by Gasteiger charge is -2.34. The van der Waals surface area contributed by atoms with Crippen molar-refractivity contribution in [2.24, 2.45) is 10.7 Å². The molecule has 11 heteroatoms. The summed E-state index contributed by atoms with van der Waals surface area (Å²) >= 11 is 0. The summed E-state index contributed by atoms with van der Waals surface area (Å²) in [6.07, 6.45) is -1.04. The van der Waals surface area contributed by atoms with Crippen LogP contribution < -0.4 is 16.4 Å². The molecule has 0 bridgehead atoms. The number of hydrogen-bond donors (Lipinski definition) is 3. The highest BCUT2D eigenvalue weighted by molar-refractivity contribution is 5.95. The number of aromatic nitrogens is 2. The van der Waals surface area contributed by atoms with Crippen molar-refractivity contribution in [3.8, 4) is 0 Å². The van der Waals surface area contributed by atoms with Crippen molar-refractivity contribution in [1.29, 1.82) is 0 Å². The highest BCUT2D eigenvalue weighted by Crippen LogP contribution is 2.34. The van der Waals surface area contributed by atoms with Gasteiger partial charge >= 0.3 is 6.18 Å². The third-order valence-corrected chi connectivity index (χ3v) is 5.52. The maximum atomic E-state index is 13.0. The normalized spacial score (nSPS) is 29.1. The summed E-state index contributed by atoms with van der Waals surface area (Å²) in [6, 6.07) is 0.755. The van der Waals surface area contributed by atoms with Crippen molar-refractivity contribution in [3.63, 3.8) is 0 Å². The Kier molecular flexibility index (Phi) is 4.63. The summed E-state index contributed by atoms with van der Waals surface area (Å²) in [5.74, 6) is 0.153. The first kappa shape index (κ1) is 19.2. The molecule has 0 amide bonds.